The van der Waals surface area contributed by atoms with E-state index in [0.29, 0.717) is 17.4 Å². The Kier molecular flexibility index (Phi) is 8.70. The molecule has 3 aromatic heterocycles. The van der Waals surface area contributed by atoms with Gasteiger partial charge in [-0.1, -0.05) is 54.6 Å². The summed E-state index contributed by atoms with van der Waals surface area (Å²) < 4.78 is 4.72. The summed E-state index contributed by atoms with van der Waals surface area (Å²) in [4.78, 5) is 48.0. The molecule has 2 aromatic carbocycles. The number of amides is 2. The smallest absolute Gasteiger partial charge is 0.407 e. The van der Waals surface area contributed by atoms with Gasteiger partial charge in [-0.05, 0) is 56.6 Å². The molecule has 0 bridgehead atoms. The predicted molar refractivity (Wildman–Crippen MR) is 171 cm³/mol. The fraction of sp³-hybridized carbons (Fsp3) is 0.265. The SMILES string of the molecule is COC(=O)N[C@@H](C(=O)N[C@@H](C)c1ncc(-c2ccc(-c3ccc(-c4cnc([C@@H]5CCCN5C)[nH]4)cn3)cc2)[nH]1)c1ccccc1. The van der Waals surface area contributed by atoms with Crippen molar-refractivity contribution < 1.29 is 14.3 Å². The molecule has 0 spiro atoms. The number of rotatable bonds is 9. The Balaban J connectivity index is 1.10. The number of nitrogens with one attached hydrogen (secondary N) is 4. The maximum Gasteiger partial charge on any atom is 0.407 e. The lowest BCUT2D eigenvalue weighted by Crippen LogP contribution is -2.41. The number of hydrogen-bond acceptors (Lipinski definition) is 7. The van der Waals surface area contributed by atoms with E-state index in [2.05, 4.69) is 48.6 Å². The second kappa shape index (κ2) is 13.1. The predicted octanol–water partition coefficient (Wildman–Crippen LogP) is 5.57. The maximum atomic E-state index is 13.2. The van der Waals surface area contributed by atoms with Crippen molar-refractivity contribution in [3.05, 3.63) is 103 Å². The van der Waals surface area contributed by atoms with Gasteiger partial charge >= 0.3 is 6.09 Å². The van der Waals surface area contributed by atoms with Crippen LogP contribution in [0.2, 0.25) is 0 Å². The average molecular weight is 605 g/mol. The minimum atomic E-state index is -0.915. The second-order valence-corrected chi connectivity index (χ2v) is 11.2. The van der Waals surface area contributed by atoms with Gasteiger partial charge in [-0.2, -0.15) is 0 Å². The van der Waals surface area contributed by atoms with Crippen LogP contribution in [0.4, 0.5) is 4.79 Å². The van der Waals surface area contributed by atoms with E-state index >= 15 is 0 Å². The number of benzene rings is 2. The first kappa shape index (κ1) is 29.8. The number of carbonyl (C=O) groups is 2. The molecule has 1 aliphatic rings. The number of ether oxygens (including phenoxy) is 1. The monoisotopic (exact) mass is 604 g/mol. The first-order valence-electron chi connectivity index (χ1n) is 15.0. The molecule has 0 aliphatic carbocycles. The number of aromatic nitrogens is 5. The molecule has 45 heavy (non-hydrogen) atoms. The van der Waals surface area contributed by atoms with Crippen LogP contribution in [0.25, 0.3) is 33.8 Å². The van der Waals surface area contributed by atoms with Gasteiger partial charge in [0.1, 0.15) is 17.7 Å². The molecule has 11 heteroatoms. The largest absolute Gasteiger partial charge is 0.453 e. The third-order valence-electron chi connectivity index (χ3n) is 8.20. The molecule has 4 heterocycles. The number of nitrogens with zero attached hydrogens (tertiary/aromatic N) is 4. The Morgan fingerprint density at radius 1 is 0.867 bits per heavy atom. The molecule has 6 rings (SSSR count). The zero-order valence-corrected chi connectivity index (χ0v) is 25.4. The van der Waals surface area contributed by atoms with Crippen molar-refractivity contribution in [3.63, 3.8) is 0 Å². The number of likely N-dealkylation sites (tertiary alicyclic amines) is 1. The summed E-state index contributed by atoms with van der Waals surface area (Å²) in [6.45, 7) is 2.93. The highest BCUT2D eigenvalue weighted by Crippen LogP contribution is 2.30. The summed E-state index contributed by atoms with van der Waals surface area (Å²) in [5, 5.41) is 5.53. The summed E-state index contributed by atoms with van der Waals surface area (Å²) in [6, 6.07) is 20.1. The van der Waals surface area contributed by atoms with Crippen molar-refractivity contribution in [3.8, 4) is 33.8 Å². The first-order valence-corrected chi connectivity index (χ1v) is 15.0. The van der Waals surface area contributed by atoms with Gasteiger partial charge in [-0.15, -0.1) is 0 Å². The Morgan fingerprint density at radius 3 is 2.27 bits per heavy atom. The molecular formula is C34H36N8O3. The van der Waals surface area contributed by atoms with E-state index in [1.54, 1.807) is 30.5 Å². The van der Waals surface area contributed by atoms with Crippen LogP contribution in [-0.2, 0) is 9.53 Å². The number of alkyl carbamates (subject to hydrolysis) is 1. The second-order valence-electron chi connectivity index (χ2n) is 11.2. The van der Waals surface area contributed by atoms with Crippen LogP contribution in [0.3, 0.4) is 0 Å². The zero-order valence-electron chi connectivity index (χ0n) is 25.4. The van der Waals surface area contributed by atoms with Gasteiger partial charge in [0, 0.05) is 17.3 Å². The fourth-order valence-electron chi connectivity index (χ4n) is 5.64. The highest BCUT2D eigenvalue weighted by Gasteiger charge is 2.26. The first-order chi connectivity index (χ1) is 21.9. The van der Waals surface area contributed by atoms with E-state index in [9.17, 15) is 9.59 Å². The third-order valence-corrected chi connectivity index (χ3v) is 8.20. The normalized spacial score (nSPS) is 16.2. The molecule has 0 unspecified atom stereocenters. The summed E-state index contributed by atoms with van der Waals surface area (Å²) in [6.07, 6.45) is 7.12. The van der Waals surface area contributed by atoms with Gasteiger partial charge < -0.3 is 25.3 Å². The van der Waals surface area contributed by atoms with Crippen molar-refractivity contribution >= 4 is 12.0 Å². The van der Waals surface area contributed by atoms with E-state index in [0.717, 1.165) is 52.6 Å². The molecule has 230 valence electrons. The molecular weight excluding hydrogens is 568 g/mol. The molecule has 4 N–H and O–H groups in total. The van der Waals surface area contributed by atoms with E-state index in [-0.39, 0.29) is 5.91 Å². The van der Waals surface area contributed by atoms with Crippen molar-refractivity contribution in [2.45, 2.75) is 37.9 Å². The summed E-state index contributed by atoms with van der Waals surface area (Å²) >= 11 is 0. The number of carbonyl (C=O) groups excluding carboxylic acids is 2. The number of methoxy groups -OCH3 is 1. The van der Waals surface area contributed by atoms with Crippen molar-refractivity contribution in [1.82, 2.24) is 40.5 Å². The number of H-pyrrole nitrogens is 2. The Hall–Kier alpha value is -5.29. The van der Waals surface area contributed by atoms with Gasteiger partial charge in [-0.25, -0.2) is 14.8 Å². The molecule has 1 fully saturated rings. The molecule has 0 saturated carbocycles. The van der Waals surface area contributed by atoms with E-state index in [1.165, 1.54) is 13.5 Å². The lowest BCUT2D eigenvalue weighted by atomic mass is 10.1. The minimum absolute atomic E-state index is 0.347. The van der Waals surface area contributed by atoms with Gasteiger partial charge in [0.2, 0.25) is 5.91 Å². The summed E-state index contributed by atoms with van der Waals surface area (Å²) in [5.41, 5.74) is 6.23. The molecule has 5 aromatic rings. The third kappa shape index (κ3) is 6.63. The molecule has 3 atom stereocenters. The Bertz CT molecular complexity index is 1750. The number of hydrogen-bond donors (Lipinski definition) is 4. The lowest BCUT2D eigenvalue weighted by molar-refractivity contribution is -0.123. The Morgan fingerprint density at radius 2 is 1.58 bits per heavy atom. The fourth-order valence-corrected chi connectivity index (χ4v) is 5.64. The van der Waals surface area contributed by atoms with Gasteiger partial charge in [-0.3, -0.25) is 14.7 Å². The van der Waals surface area contributed by atoms with Crippen LogP contribution in [-0.4, -0.2) is 62.5 Å². The number of aromatic amines is 2. The van der Waals surface area contributed by atoms with Gasteiger partial charge in [0.15, 0.2) is 0 Å². The van der Waals surface area contributed by atoms with Gasteiger partial charge in [0.05, 0.1) is 48.7 Å². The minimum Gasteiger partial charge on any atom is -0.453 e. The lowest BCUT2D eigenvalue weighted by Gasteiger charge is -2.20. The van der Waals surface area contributed by atoms with Crippen LogP contribution < -0.4 is 10.6 Å². The van der Waals surface area contributed by atoms with Crippen LogP contribution >= 0.6 is 0 Å². The maximum absolute atomic E-state index is 13.2. The number of imidazole rings is 2. The van der Waals surface area contributed by atoms with Crippen LogP contribution in [0, 0.1) is 0 Å². The topological polar surface area (TPSA) is 141 Å². The quantitative estimate of drug-likeness (QED) is 0.172. The average Bonchev–Trinajstić information content (AvgIpc) is 3.85. The molecule has 1 saturated heterocycles. The van der Waals surface area contributed by atoms with Crippen LogP contribution in [0.5, 0.6) is 0 Å². The zero-order chi connectivity index (χ0) is 31.3. The van der Waals surface area contributed by atoms with Crippen molar-refractivity contribution in [1.29, 1.82) is 0 Å². The van der Waals surface area contributed by atoms with E-state index in [1.807, 2.05) is 55.7 Å². The van der Waals surface area contributed by atoms with Crippen molar-refractivity contribution in [2.24, 2.45) is 0 Å². The van der Waals surface area contributed by atoms with Crippen molar-refractivity contribution in [2.75, 3.05) is 20.7 Å². The standard InChI is InChI=1S/C34H36N8O3/c1-21(38-33(43)30(41-34(44)45-3)24-8-5-4-6-9-24)31-36-19-27(39-31)23-13-11-22(12-14-23)26-16-15-25(18-35-26)28-20-37-32(40-28)29-10-7-17-42(29)2/h4-6,8-9,11-16,18-21,29-30H,7,10,17H2,1-3H3,(H,36,39)(H,37,40)(H,38,43)(H,41,44)/t21-,29-,30+/m0/s1. The Labute approximate surface area is 261 Å². The molecule has 2 amide bonds. The van der Waals surface area contributed by atoms with Crippen LogP contribution in [0.15, 0.2) is 85.3 Å². The number of pyridine rings is 1. The van der Waals surface area contributed by atoms with Crippen LogP contribution in [0.1, 0.15) is 55.1 Å². The summed E-state index contributed by atoms with van der Waals surface area (Å²) in [7, 11) is 3.40. The highest BCUT2D eigenvalue weighted by atomic mass is 16.5. The molecule has 1 aliphatic heterocycles. The summed E-state index contributed by atoms with van der Waals surface area (Å²) in [5.74, 6) is 1.22. The van der Waals surface area contributed by atoms with E-state index in [4.69, 9.17) is 9.72 Å². The highest BCUT2D eigenvalue weighted by molar-refractivity contribution is 5.87. The van der Waals surface area contributed by atoms with E-state index < -0.39 is 18.2 Å². The molecule has 11 nitrogen and oxygen atoms in total. The molecule has 0 radical (unpaired) electrons. The van der Waals surface area contributed by atoms with Gasteiger partial charge in [0.25, 0.3) is 0 Å².